The molecule has 1 aromatic carbocycles. The molecule has 3 heterocycles. The van der Waals surface area contributed by atoms with Gasteiger partial charge in [-0.15, -0.1) is 0 Å². The highest BCUT2D eigenvalue weighted by atomic mass is 16.2. The van der Waals surface area contributed by atoms with Crippen LogP contribution in [-0.2, 0) is 0 Å². The zero-order valence-electron chi connectivity index (χ0n) is 17.8. The Morgan fingerprint density at radius 3 is 2.42 bits per heavy atom. The summed E-state index contributed by atoms with van der Waals surface area (Å²) >= 11 is 0. The molecule has 0 bridgehead atoms. The molecule has 0 radical (unpaired) electrons. The Labute approximate surface area is 182 Å². The monoisotopic (exact) mass is 414 g/mol. The lowest BCUT2D eigenvalue weighted by Crippen LogP contribution is -2.52. The number of hydrogen-bond acceptors (Lipinski definition) is 5. The summed E-state index contributed by atoms with van der Waals surface area (Å²) in [6.07, 6.45) is 5.24. The van der Waals surface area contributed by atoms with E-state index in [4.69, 9.17) is 5.10 Å². The number of nitriles is 1. The van der Waals surface area contributed by atoms with Crippen molar-refractivity contribution in [3.05, 3.63) is 66.6 Å². The molecule has 0 aliphatic carbocycles. The quantitative estimate of drug-likeness (QED) is 0.640. The minimum atomic E-state index is -0.121. The van der Waals surface area contributed by atoms with Crippen molar-refractivity contribution in [1.29, 1.82) is 5.26 Å². The van der Waals surface area contributed by atoms with Gasteiger partial charge in [-0.2, -0.15) is 10.4 Å². The van der Waals surface area contributed by atoms with Gasteiger partial charge in [0.1, 0.15) is 11.7 Å². The Balaban J connectivity index is 1.61. The second-order valence-electron chi connectivity index (χ2n) is 8.06. The normalized spacial score (nSPS) is 15.6. The summed E-state index contributed by atoms with van der Waals surface area (Å²) in [5.74, 6) is 0.215. The maximum atomic E-state index is 13.5. The van der Waals surface area contributed by atoms with Crippen LogP contribution in [0.4, 0.5) is 0 Å². The molecule has 4 rings (SSSR count). The van der Waals surface area contributed by atoms with E-state index in [1.54, 1.807) is 23.3 Å². The van der Waals surface area contributed by atoms with Crippen LogP contribution in [0.1, 0.15) is 24.2 Å². The van der Waals surface area contributed by atoms with Gasteiger partial charge in [0, 0.05) is 50.3 Å². The van der Waals surface area contributed by atoms with Gasteiger partial charge in [-0.25, -0.2) is 4.68 Å². The van der Waals surface area contributed by atoms with Crippen molar-refractivity contribution in [2.45, 2.75) is 19.9 Å². The lowest BCUT2D eigenvalue weighted by Gasteiger charge is -2.38. The largest absolute Gasteiger partial charge is 0.336 e. The Kier molecular flexibility index (Phi) is 6.10. The number of carbonyl (C=O) groups excluding carboxylic acids is 1. The fourth-order valence-electron chi connectivity index (χ4n) is 3.99. The van der Waals surface area contributed by atoms with Crippen molar-refractivity contribution in [3.63, 3.8) is 0 Å². The minimum absolute atomic E-state index is 0.0428. The van der Waals surface area contributed by atoms with Gasteiger partial charge in [0.25, 0.3) is 5.91 Å². The summed E-state index contributed by atoms with van der Waals surface area (Å²) < 4.78 is 1.75. The minimum Gasteiger partial charge on any atom is -0.336 e. The van der Waals surface area contributed by atoms with E-state index < -0.39 is 0 Å². The van der Waals surface area contributed by atoms with Crippen LogP contribution >= 0.6 is 0 Å². The smallest absolute Gasteiger partial charge is 0.257 e. The van der Waals surface area contributed by atoms with Crippen molar-refractivity contribution < 1.29 is 4.79 Å². The molecule has 1 aliphatic heterocycles. The highest BCUT2D eigenvalue weighted by Crippen LogP contribution is 2.25. The van der Waals surface area contributed by atoms with Gasteiger partial charge in [0.15, 0.2) is 0 Å². The fraction of sp³-hybridized carbons (Fsp3) is 0.333. The van der Waals surface area contributed by atoms with Gasteiger partial charge >= 0.3 is 0 Å². The SMILES string of the molecule is CC(C)C(C#N)N1CCN(C(=O)c2cn(-c3ccccc3)nc2-c2cccnc2)CC1. The van der Waals surface area contributed by atoms with E-state index in [0.717, 1.165) is 11.3 Å². The first-order valence-electron chi connectivity index (χ1n) is 10.6. The third-order valence-electron chi connectivity index (χ3n) is 5.66. The second-order valence-corrected chi connectivity index (χ2v) is 8.06. The van der Waals surface area contributed by atoms with E-state index in [2.05, 4.69) is 29.8 Å². The molecule has 1 aliphatic rings. The van der Waals surface area contributed by atoms with Gasteiger partial charge < -0.3 is 4.90 Å². The number of piperazine rings is 1. The van der Waals surface area contributed by atoms with Gasteiger partial charge in [-0.05, 0) is 30.2 Å². The first kappa shape index (κ1) is 20.8. The number of benzene rings is 1. The van der Waals surface area contributed by atoms with Crippen molar-refractivity contribution in [3.8, 4) is 23.0 Å². The van der Waals surface area contributed by atoms with E-state index in [1.807, 2.05) is 47.4 Å². The van der Waals surface area contributed by atoms with E-state index in [1.165, 1.54) is 0 Å². The average Bonchev–Trinajstić information content (AvgIpc) is 3.26. The number of amides is 1. The van der Waals surface area contributed by atoms with Gasteiger partial charge in [0.05, 0.1) is 17.3 Å². The standard InChI is InChI=1S/C24H26N6O/c1-18(2)22(15-25)28-11-13-29(14-12-28)24(31)21-17-30(20-8-4-3-5-9-20)27-23(21)19-7-6-10-26-16-19/h3-10,16-18,22H,11-14H2,1-2H3. The lowest BCUT2D eigenvalue weighted by molar-refractivity contribution is 0.0577. The average molecular weight is 415 g/mol. The Bertz CT molecular complexity index is 1060. The van der Waals surface area contributed by atoms with Crippen molar-refractivity contribution in [1.82, 2.24) is 24.6 Å². The van der Waals surface area contributed by atoms with Crippen LogP contribution in [0.3, 0.4) is 0 Å². The molecule has 1 fully saturated rings. The van der Waals surface area contributed by atoms with Gasteiger partial charge in [-0.3, -0.25) is 14.7 Å². The predicted octanol–water partition coefficient (Wildman–Crippen LogP) is 3.24. The van der Waals surface area contributed by atoms with E-state index in [-0.39, 0.29) is 17.9 Å². The predicted molar refractivity (Wildman–Crippen MR) is 119 cm³/mol. The molecule has 0 spiro atoms. The van der Waals surface area contributed by atoms with Crippen LogP contribution in [0, 0.1) is 17.2 Å². The summed E-state index contributed by atoms with van der Waals surface area (Å²) in [4.78, 5) is 21.7. The van der Waals surface area contributed by atoms with E-state index >= 15 is 0 Å². The van der Waals surface area contributed by atoms with Crippen LogP contribution in [-0.4, -0.2) is 62.7 Å². The molecule has 31 heavy (non-hydrogen) atoms. The second kappa shape index (κ2) is 9.11. The summed E-state index contributed by atoms with van der Waals surface area (Å²) in [6.45, 7) is 6.68. The number of aromatic nitrogens is 3. The molecule has 1 unspecified atom stereocenters. The van der Waals surface area contributed by atoms with Crippen molar-refractivity contribution in [2.75, 3.05) is 26.2 Å². The summed E-state index contributed by atoms with van der Waals surface area (Å²) in [6, 6.07) is 15.8. The Morgan fingerprint density at radius 2 is 1.81 bits per heavy atom. The number of para-hydroxylation sites is 1. The highest BCUT2D eigenvalue weighted by Gasteiger charge is 2.30. The third kappa shape index (κ3) is 4.35. The van der Waals surface area contributed by atoms with Crippen LogP contribution in [0.25, 0.3) is 16.9 Å². The number of rotatable bonds is 5. The van der Waals surface area contributed by atoms with E-state index in [0.29, 0.717) is 37.4 Å². The number of carbonyl (C=O) groups is 1. The maximum absolute atomic E-state index is 13.5. The Morgan fingerprint density at radius 1 is 1.06 bits per heavy atom. The van der Waals surface area contributed by atoms with Gasteiger partial charge in [0.2, 0.25) is 0 Å². The molecule has 7 heteroatoms. The molecule has 1 saturated heterocycles. The first-order chi connectivity index (χ1) is 15.1. The highest BCUT2D eigenvalue weighted by molar-refractivity contribution is 6.00. The zero-order valence-corrected chi connectivity index (χ0v) is 17.8. The summed E-state index contributed by atoms with van der Waals surface area (Å²) in [7, 11) is 0. The molecule has 1 amide bonds. The van der Waals surface area contributed by atoms with Crippen LogP contribution in [0.2, 0.25) is 0 Å². The molecule has 158 valence electrons. The fourth-order valence-corrected chi connectivity index (χ4v) is 3.99. The molecule has 3 aromatic rings. The third-order valence-corrected chi connectivity index (χ3v) is 5.66. The number of hydrogen-bond donors (Lipinski definition) is 0. The molecule has 2 aromatic heterocycles. The molecule has 1 atom stereocenters. The molecule has 7 nitrogen and oxygen atoms in total. The number of pyridine rings is 1. The van der Waals surface area contributed by atoms with Crippen molar-refractivity contribution >= 4 is 5.91 Å². The summed E-state index contributed by atoms with van der Waals surface area (Å²) in [5, 5.41) is 14.2. The van der Waals surface area contributed by atoms with E-state index in [9.17, 15) is 10.1 Å². The van der Waals surface area contributed by atoms with Crippen LogP contribution in [0.5, 0.6) is 0 Å². The lowest BCUT2D eigenvalue weighted by atomic mass is 10.0. The first-order valence-corrected chi connectivity index (χ1v) is 10.6. The van der Waals surface area contributed by atoms with Gasteiger partial charge in [-0.1, -0.05) is 32.0 Å². The molecule has 0 saturated carbocycles. The Hall–Kier alpha value is -3.50. The molecular formula is C24H26N6O. The van der Waals surface area contributed by atoms with Crippen LogP contribution in [0.15, 0.2) is 61.1 Å². The van der Waals surface area contributed by atoms with Crippen molar-refractivity contribution in [2.24, 2.45) is 5.92 Å². The zero-order chi connectivity index (χ0) is 21.8. The maximum Gasteiger partial charge on any atom is 0.257 e. The topological polar surface area (TPSA) is 78.0 Å². The molecular weight excluding hydrogens is 388 g/mol. The van der Waals surface area contributed by atoms with Crippen LogP contribution < -0.4 is 0 Å². The number of nitrogens with zero attached hydrogens (tertiary/aromatic N) is 6. The molecule has 0 N–H and O–H groups in total. The summed E-state index contributed by atoms with van der Waals surface area (Å²) in [5.41, 5.74) is 2.89.